The highest BCUT2D eigenvalue weighted by Gasteiger charge is 2.55. The number of hydrogen-bond acceptors (Lipinski definition) is 3. The molecule has 1 amide bonds. The summed E-state index contributed by atoms with van der Waals surface area (Å²) in [5.74, 6) is -1.11. The number of carboxylic acids is 1. The van der Waals surface area contributed by atoms with E-state index in [0.29, 0.717) is 11.3 Å². The number of rotatable bonds is 2. The van der Waals surface area contributed by atoms with Crippen LogP contribution in [0.25, 0.3) is 6.08 Å². The SMILES string of the molecule is CC(C)(C)C1=C(C(=O)O)N2C(=O)/C(=C\c3ccccc3)C2O1. The summed E-state index contributed by atoms with van der Waals surface area (Å²) in [6.45, 7) is 5.59. The first-order valence-corrected chi connectivity index (χ1v) is 7.05. The monoisotopic (exact) mass is 299 g/mol. The minimum atomic E-state index is -1.14. The van der Waals surface area contributed by atoms with Crippen molar-refractivity contribution in [3.05, 3.63) is 52.9 Å². The van der Waals surface area contributed by atoms with Crippen molar-refractivity contribution in [2.45, 2.75) is 27.0 Å². The number of carboxylic acid groups (broad SMARTS) is 1. The third kappa shape index (κ3) is 2.09. The van der Waals surface area contributed by atoms with Crippen LogP contribution in [0.1, 0.15) is 26.3 Å². The Bertz CT molecular complexity index is 710. The molecule has 1 unspecified atom stereocenters. The van der Waals surface area contributed by atoms with Crippen LogP contribution in [0.4, 0.5) is 0 Å². The van der Waals surface area contributed by atoms with Gasteiger partial charge in [-0.2, -0.15) is 0 Å². The molecule has 2 heterocycles. The molecule has 22 heavy (non-hydrogen) atoms. The van der Waals surface area contributed by atoms with E-state index in [2.05, 4.69) is 0 Å². The molecule has 0 aromatic heterocycles. The second-order valence-corrected chi connectivity index (χ2v) is 6.39. The second-order valence-electron chi connectivity index (χ2n) is 6.39. The molecule has 1 aromatic carbocycles. The minimum absolute atomic E-state index is 0.0484. The van der Waals surface area contributed by atoms with E-state index in [9.17, 15) is 14.7 Å². The maximum Gasteiger partial charge on any atom is 0.356 e. The Kier molecular flexibility index (Phi) is 3.09. The number of benzene rings is 1. The van der Waals surface area contributed by atoms with Gasteiger partial charge in [0, 0.05) is 5.41 Å². The largest absolute Gasteiger partial charge is 0.476 e. The summed E-state index contributed by atoms with van der Waals surface area (Å²) in [6, 6.07) is 9.42. The number of β-lactam (4-membered cyclic amide) rings is 1. The van der Waals surface area contributed by atoms with Crippen LogP contribution in [0.2, 0.25) is 0 Å². The molecule has 1 saturated heterocycles. The third-order valence-corrected chi connectivity index (χ3v) is 3.66. The van der Waals surface area contributed by atoms with Crippen molar-refractivity contribution in [1.29, 1.82) is 0 Å². The van der Waals surface area contributed by atoms with Gasteiger partial charge in [0.05, 0.1) is 5.57 Å². The van der Waals surface area contributed by atoms with Crippen molar-refractivity contribution in [2.24, 2.45) is 5.41 Å². The van der Waals surface area contributed by atoms with Gasteiger partial charge < -0.3 is 9.84 Å². The number of amides is 1. The molecule has 1 aromatic rings. The maximum atomic E-state index is 12.3. The maximum absolute atomic E-state index is 12.3. The van der Waals surface area contributed by atoms with Gasteiger partial charge in [0.2, 0.25) is 6.23 Å². The molecule has 1 atom stereocenters. The molecule has 2 aliphatic rings. The molecule has 0 aliphatic carbocycles. The summed E-state index contributed by atoms with van der Waals surface area (Å²) in [5.41, 5.74) is 0.829. The summed E-state index contributed by atoms with van der Waals surface area (Å²) >= 11 is 0. The average molecular weight is 299 g/mol. The highest BCUT2D eigenvalue weighted by atomic mass is 16.5. The number of allylic oxidation sites excluding steroid dienone is 1. The normalized spacial score (nSPS) is 22.5. The molecule has 114 valence electrons. The molecule has 0 spiro atoms. The number of nitrogens with zero attached hydrogens (tertiary/aromatic N) is 1. The molecule has 1 fully saturated rings. The van der Waals surface area contributed by atoms with Crippen LogP contribution in [-0.4, -0.2) is 28.1 Å². The molecular formula is C17H17NO4. The molecule has 3 rings (SSSR count). The van der Waals surface area contributed by atoms with E-state index in [0.717, 1.165) is 5.56 Å². The Morgan fingerprint density at radius 1 is 1.27 bits per heavy atom. The van der Waals surface area contributed by atoms with Crippen molar-refractivity contribution in [1.82, 2.24) is 4.90 Å². The van der Waals surface area contributed by atoms with Gasteiger partial charge in [-0.15, -0.1) is 0 Å². The predicted octanol–water partition coefficient (Wildman–Crippen LogP) is 2.61. The number of carbonyl (C=O) groups is 2. The molecule has 0 radical (unpaired) electrons. The van der Waals surface area contributed by atoms with E-state index in [1.54, 1.807) is 6.08 Å². The smallest absolute Gasteiger partial charge is 0.356 e. The van der Waals surface area contributed by atoms with E-state index >= 15 is 0 Å². The molecule has 1 N–H and O–H groups in total. The fourth-order valence-corrected chi connectivity index (χ4v) is 2.63. The molecule has 0 saturated carbocycles. The standard InChI is InChI=1S/C17H17NO4/c1-17(2,3)13-12(16(20)21)18-14(19)11(15(18)22-13)9-10-7-5-4-6-8-10/h4-9,15H,1-3H3,(H,20,21)/b11-9+. The molecule has 0 bridgehead atoms. The van der Waals surface area contributed by atoms with Gasteiger partial charge in [-0.1, -0.05) is 51.1 Å². The van der Waals surface area contributed by atoms with Crippen LogP contribution in [-0.2, 0) is 14.3 Å². The van der Waals surface area contributed by atoms with E-state index in [1.807, 2.05) is 51.1 Å². The van der Waals surface area contributed by atoms with E-state index in [-0.39, 0.29) is 11.6 Å². The van der Waals surface area contributed by atoms with Gasteiger partial charge in [0.15, 0.2) is 5.70 Å². The van der Waals surface area contributed by atoms with Crippen molar-refractivity contribution >= 4 is 18.0 Å². The average Bonchev–Trinajstić information content (AvgIpc) is 2.82. The molecule has 2 aliphatic heterocycles. The Labute approximate surface area is 128 Å². The summed E-state index contributed by atoms with van der Waals surface area (Å²) in [6.07, 6.45) is 1.11. The lowest BCUT2D eigenvalue weighted by atomic mass is 9.92. The van der Waals surface area contributed by atoms with Gasteiger partial charge >= 0.3 is 5.97 Å². The van der Waals surface area contributed by atoms with Crippen LogP contribution in [0.15, 0.2) is 47.4 Å². The van der Waals surface area contributed by atoms with Crippen molar-refractivity contribution < 1.29 is 19.4 Å². The van der Waals surface area contributed by atoms with Crippen LogP contribution in [0.3, 0.4) is 0 Å². The van der Waals surface area contributed by atoms with Crippen LogP contribution in [0.5, 0.6) is 0 Å². The first kappa shape index (κ1) is 14.4. The zero-order chi connectivity index (χ0) is 16.1. The van der Waals surface area contributed by atoms with Gasteiger partial charge in [-0.25, -0.2) is 4.79 Å². The predicted molar refractivity (Wildman–Crippen MR) is 80.3 cm³/mol. The fraction of sp³-hybridized carbons (Fsp3) is 0.294. The van der Waals surface area contributed by atoms with E-state index in [4.69, 9.17) is 4.74 Å². The summed E-state index contributed by atoms with van der Waals surface area (Å²) in [5, 5.41) is 9.41. The van der Waals surface area contributed by atoms with Gasteiger partial charge in [0.1, 0.15) is 5.76 Å². The number of fused-ring (bicyclic) bond motifs is 1. The van der Waals surface area contributed by atoms with Crippen molar-refractivity contribution in [2.75, 3.05) is 0 Å². The highest BCUT2D eigenvalue weighted by molar-refractivity contribution is 6.10. The summed E-state index contributed by atoms with van der Waals surface area (Å²) in [7, 11) is 0. The second kappa shape index (κ2) is 4.73. The first-order valence-electron chi connectivity index (χ1n) is 7.05. The molecular weight excluding hydrogens is 282 g/mol. The Balaban J connectivity index is 1.97. The lowest BCUT2D eigenvalue weighted by Crippen LogP contribution is -2.52. The Hall–Kier alpha value is -2.56. The van der Waals surface area contributed by atoms with Crippen LogP contribution < -0.4 is 0 Å². The van der Waals surface area contributed by atoms with E-state index in [1.165, 1.54) is 4.90 Å². The van der Waals surface area contributed by atoms with Crippen LogP contribution in [0, 0.1) is 5.41 Å². The number of ether oxygens (including phenoxy) is 1. The lowest BCUT2D eigenvalue weighted by Gasteiger charge is -2.35. The third-order valence-electron chi connectivity index (χ3n) is 3.66. The molecule has 5 heteroatoms. The number of hydrogen-bond donors (Lipinski definition) is 1. The number of aliphatic carboxylic acids is 1. The summed E-state index contributed by atoms with van der Waals surface area (Å²) in [4.78, 5) is 25.0. The Morgan fingerprint density at radius 3 is 2.45 bits per heavy atom. The number of carbonyl (C=O) groups excluding carboxylic acids is 1. The van der Waals surface area contributed by atoms with Crippen LogP contribution >= 0.6 is 0 Å². The topological polar surface area (TPSA) is 66.8 Å². The van der Waals surface area contributed by atoms with Gasteiger partial charge in [-0.05, 0) is 11.6 Å². The summed E-state index contributed by atoms with van der Waals surface area (Å²) < 4.78 is 5.79. The Morgan fingerprint density at radius 2 is 1.91 bits per heavy atom. The fourth-order valence-electron chi connectivity index (χ4n) is 2.63. The highest BCUT2D eigenvalue weighted by Crippen LogP contribution is 2.45. The zero-order valence-electron chi connectivity index (χ0n) is 12.7. The first-order chi connectivity index (χ1) is 10.3. The van der Waals surface area contributed by atoms with Gasteiger partial charge in [-0.3, -0.25) is 9.69 Å². The van der Waals surface area contributed by atoms with Crippen molar-refractivity contribution in [3.8, 4) is 0 Å². The zero-order valence-corrected chi connectivity index (χ0v) is 12.7. The quantitative estimate of drug-likeness (QED) is 0.673. The minimum Gasteiger partial charge on any atom is -0.476 e. The van der Waals surface area contributed by atoms with E-state index < -0.39 is 17.6 Å². The lowest BCUT2D eigenvalue weighted by molar-refractivity contribution is -0.147. The van der Waals surface area contributed by atoms with Crippen molar-refractivity contribution in [3.63, 3.8) is 0 Å². The van der Waals surface area contributed by atoms with Gasteiger partial charge in [0.25, 0.3) is 5.91 Å². The molecule has 5 nitrogen and oxygen atoms in total.